The summed E-state index contributed by atoms with van der Waals surface area (Å²) >= 11 is 0. The Kier molecular flexibility index (Phi) is 5.37. The Morgan fingerprint density at radius 1 is 1.33 bits per heavy atom. The van der Waals surface area contributed by atoms with Crippen LogP contribution in [0.3, 0.4) is 0 Å². The molecule has 21 heavy (non-hydrogen) atoms. The van der Waals surface area contributed by atoms with Crippen LogP contribution in [0.2, 0.25) is 0 Å². The summed E-state index contributed by atoms with van der Waals surface area (Å²) in [4.78, 5) is 14.6. The Hall–Kier alpha value is -1.39. The van der Waals surface area contributed by atoms with E-state index in [1.165, 1.54) is 0 Å². The molecular weight excluding hydrogens is 264 g/mol. The second-order valence-electron chi connectivity index (χ2n) is 6.31. The van der Waals surface area contributed by atoms with Crippen LogP contribution in [0.4, 0.5) is 0 Å². The molecule has 0 aromatic heterocycles. The van der Waals surface area contributed by atoms with E-state index in [0.717, 1.165) is 43.4 Å². The van der Waals surface area contributed by atoms with Crippen molar-refractivity contribution in [3.63, 3.8) is 0 Å². The molecule has 1 aliphatic carbocycles. The lowest BCUT2D eigenvalue weighted by Gasteiger charge is -2.29. The average molecular weight is 290 g/mol. The number of nitrogens with zero attached hydrogens (tertiary/aromatic N) is 1. The average Bonchev–Trinajstić information content (AvgIpc) is 2.87. The highest BCUT2D eigenvalue weighted by molar-refractivity contribution is 5.94. The van der Waals surface area contributed by atoms with Crippen LogP contribution in [0, 0.1) is 0 Å². The molecule has 1 fully saturated rings. The summed E-state index contributed by atoms with van der Waals surface area (Å²) in [6.45, 7) is 1.43. The van der Waals surface area contributed by atoms with Gasteiger partial charge in [-0.2, -0.15) is 0 Å². The van der Waals surface area contributed by atoms with Crippen molar-refractivity contribution in [1.82, 2.24) is 10.2 Å². The Morgan fingerprint density at radius 2 is 2.05 bits per heavy atom. The fourth-order valence-corrected chi connectivity index (χ4v) is 3.12. The van der Waals surface area contributed by atoms with Gasteiger partial charge in [0.2, 0.25) is 0 Å². The third-order valence-corrected chi connectivity index (χ3v) is 4.05. The van der Waals surface area contributed by atoms with Crippen molar-refractivity contribution < 1.29 is 9.53 Å². The summed E-state index contributed by atoms with van der Waals surface area (Å²) in [5.41, 5.74) is 1.71. The van der Waals surface area contributed by atoms with Crippen molar-refractivity contribution in [3.8, 4) is 0 Å². The predicted octanol–water partition coefficient (Wildman–Crippen LogP) is 2.44. The fourth-order valence-electron chi connectivity index (χ4n) is 3.12. The maximum absolute atomic E-state index is 12.5. The summed E-state index contributed by atoms with van der Waals surface area (Å²) in [5.74, 6) is 0.00885. The van der Waals surface area contributed by atoms with Gasteiger partial charge in [0, 0.05) is 19.2 Å². The number of ether oxygens (including phenoxy) is 1. The number of amides is 1. The monoisotopic (exact) mass is 290 g/mol. The van der Waals surface area contributed by atoms with Crippen molar-refractivity contribution in [2.24, 2.45) is 0 Å². The molecule has 4 heteroatoms. The highest BCUT2D eigenvalue weighted by Gasteiger charge is 2.35. The van der Waals surface area contributed by atoms with E-state index in [1.807, 2.05) is 32.3 Å². The molecule has 0 saturated heterocycles. The Labute approximate surface area is 127 Å². The standard InChI is InChI=1S/C17H26N2O2/c1-19(2)12-14-7-6-8-15(11-14)16(20)18-17(13-21-3)9-4-5-10-17/h6-8,11H,4-5,9-10,12-13H2,1-3H3,(H,18,20). The molecule has 1 aromatic carbocycles. The first-order chi connectivity index (χ1) is 10.0. The van der Waals surface area contributed by atoms with E-state index < -0.39 is 0 Å². The van der Waals surface area contributed by atoms with E-state index in [1.54, 1.807) is 7.11 Å². The summed E-state index contributed by atoms with van der Waals surface area (Å²) in [5, 5.41) is 3.21. The van der Waals surface area contributed by atoms with Gasteiger partial charge in [0.05, 0.1) is 12.1 Å². The SMILES string of the molecule is COCC1(NC(=O)c2cccc(CN(C)C)c2)CCCC1. The van der Waals surface area contributed by atoms with Crippen LogP contribution in [0.5, 0.6) is 0 Å². The number of carbonyl (C=O) groups excluding carboxylic acids is 1. The van der Waals surface area contributed by atoms with Crippen molar-refractivity contribution in [2.45, 2.75) is 37.8 Å². The largest absolute Gasteiger partial charge is 0.382 e. The first-order valence-electron chi connectivity index (χ1n) is 7.60. The minimum atomic E-state index is -0.177. The fraction of sp³-hybridized carbons (Fsp3) is 0.588. The number of hydrogen-bond acceptors (Lipinski definition) is 3. The van der Waals surface area contributed by atoms with E-state index in [9.17, 15) is 4.79 Å². The van der Waals surface area contributed by atoms with E-state index >= 15 is 0 Å². The molecule has 0 spiro atoms. The zero-order valence-corrected chi connectivity index (χ0v) is 13.3. The third kappa shape index (κ3) is 4.29. The van der Waals surface area contributed by atoms with Crippen LogP contribution in [-0.2, 0) is 11.3 Å². The number of methoxy groups -OCH3 is 1. The summed E-state index contributed by atoms with van der Waals surface area (Å²) in [6.07, 6.45) is 4.32. The summed E-state index contributed by atoms with van der Waals surface area (Å²) in [6, 6.07) is 7.86. The molecule has 0 radical (unpaired) electrons. The smallest absolute Gasteiger partial charge is 0.251 e. The lowest BCUT2D eigenvalue weighted by molar-refractivity contribution is 0.0767. The van der Waals surface area contributed by atoms with Crippen molar-refractivity contribution >= 4 is 5.91 Å². The first kappa shape index (κ1) is 16.0. The van der Waals surface area contributed by atoms with Gasteiger partial charge in [-0.25, -0.2) is 0 Å². The Morgan fingerprint density at radius 3 is 2.67 bits per heavy atom. The van der Waals surface area contributed by atoms with Gasteiger partial charge in [0.25, 0.3) is 5.91 Å². The molecular formula is C17H26N2O2. The van der Waals surface area contributed by atoms with Crippen molar-refractivity contribution in [1.29, 1.82) is 0 Å². The lowest BCUT2D eigenvalue weighted by Crippen LogP contribution is -2.49. The molecule has 4 nitrogen and oxygen atoms in total. The minimum absolute atomic E-state index is 0.00885. The molecule has 0 bridgehead atoms. The van der Waals surface area contributed by atoms with Crippen LogP contribution in [0.15, 0.2) is 24.3 Å². The minimum Gasteiger partial charge on any atom is -0.382 e. The Bertz CT molecular complexity index is 479. The molecule has 0 unspecified atom stereocenters. The van der Waals surface area contributed by atoms with Gasteiger partial charge in [0.1, 0.15) is 0 Å². The second kappa shape index (κ2) is 7.05. The maximum Gasteiger partial charge on any atom is 0.251 e. The van der Waals surface area contributed by atoms with E-state index in [0.29, 0.717) is 6.61 Å². The number of carbonyl (C=O) groups is 1. The maximum atomic E-state index is 12.5. The van der Waals surface area contributed by atoms with E-state index in [-0.39, 0.29) is 11.4 Å². The van der Waals surface area contributed by atoms with Gasteiger partial charge in [0.15, 0.2) is 0 Å². The number of nitrogens with one attached hydrogen (secondary N) is 1. The van der Waals surface area contributed by atoms with Crippen LogP contribution < -0.4 is 5.32 Å². The van der Waals surface area contributed by atoms with Gasteiger partial charge in [-0.3, -0.25) is 4.79 Å². The van der Waals surface area contributed by atoms with Gasteiger partial charge in [-0.1, -0.05) is 25.0 Å². The molecule has 0 heterocycles. The van der Waals surface area contributed by atoms with Crippen molar-refractivity contribution in [3.05, 3.63) is 35.4 Å². The summed E-state index contributed by atoms with van der Waals surface area (Å²) < 4.78 is 5.32. The van der Waals surface area contributed by atoms with Gasteiger partial charge < -0.3 is 15.0 Å². The molecule has 2 rings (SSSR count). The third-order valence-electron chi connectivity index (χ3n) is 4.05. The highest BCUT2D eigenvalue weighted by Crippen LogP contribution is 2.30. The Balaban J connectivity index is 2.08. The molecule has 1 saturated carbocycles. The van der Waals surface area contributed by atoms with Crippen molar-refractivity contribution in [2.75, 3.05) is 27.8 Å². The molecule has 1 amide bonds. The van der Waals surface area contributed by atoms with Crippen LogP contribution in [0.1, 0.15) is 41.6 Å². The zero-order chi connectivity index (χ0) is 15.3. The van der Waals surface area contributed by atoms with Crippen LogP contribution in [0.25, 0.3) is 0 Å². The normalized spacial score (nSPS) is 17.1. The topological polar surface area (TPSA) is 41.6 Å². The second-order valence-corrected chi connectivity index (χ2v) is 6.31. The number of hydrogen-bond donors (Lipinski definition) is 1. The quantitative estimate of drug-likeness (QED) is 0.875. The van der Waals surface area contributed by atoms with E-state index in [4.69, 9.17) is 4.74 Å². The van der Waals surface area contributed by atoms with Gasteiger partial charge in [-0.05, 0) is 44.6 Å². The molecule has 0 aliphatic heterocycles. The van der Waals surface area contributed by atoms with Gasteiger partial charge in [-0.15, -0.1) is 0 Å². The van der Waals surface area contributed by atoms with Crippen LogP contribution in [-0.4, -0.2) is 44.2 Å². The molecule has 116 valence electrons. The first-order valence-corrected chi connectivity index (χ1v) is 7.60. The number of rotatable bonds is 6. The zero-order valence-electron chi connectivity index (χ0n) is 13.3. The molecule has 1 N–H and O–H groups in total. The molecule has 1 aliphatic rings. The van der Waals surface area contributed by atoms with Gasteiger partial charge >= 0.3 is 0 Å². The van der Waals surface area contributed by atoms with E-state index in [2.05, 4.69) is 16.3 Å². The summed E-state index contributed by atoms with van der Waals surface area (Å²) in [7, 11) is 5.75. The number of benzene rings is 1. The molecule has 1 aromatic rings. The molecule has 0 atom stereocenters. The van der Waals surface area contributed by atoms with Crippen LogP contribution >= 0.6 is 0 Å². The highest BCUT2D eigenvalue weighted by atomic mass is 16.5. The predicted molar refractivity (Wildman–Crippen MR) is 84.4 cm³/mol. The lowest BCUT2D eigenvalue weighted by atomic mass is 9.98.